The molecule has 3 nitrogen and oxygen atoms in total. The third-order valence-electron chi connectivity index (χ3n) is 3.68. The Labute approximate surface area is 137 Å². The van der Waals surface area contributed by atoms with E-state index in [9.17, 15) is 0 Å². The summed E-state index contributed by atoms with van der Waals surface area (Å²) in [5.41, 5.74) is 2.44. The van der Waals surface area contributed by atoms with Gasteiger partial charge in [-0.05, 0) is 29.3 Å². The predicted octanol–water partition coefficient (Wildman–Crippen LogP) is 4.41. The van der Waals surface area contributed by atoms with Gasteiger partial charge in [0, 0.05) is 20.6 Å². The highest BCUT2D eigenvalue weighted by Crippen LogP contribution is 2.29. The Bertz CT molecular complexity index is 641. The van der Waals surface area contributed by atoms with Crippen molar-refractivity contribution >= 4 is 5.57 Å². The summed E-state index contributed by atoms with van der Waals surface area (Å²) < 4.78 is 10.7. The monoisotopic (exact) mass is 310 g/mol. The Balaban J connectivity index is 0.000000229. The predicted molar refractivity (Wildman–Crippen MR) is 93.0 cm³/mol. The van der Waals surface area contributed by atoms with Crippen LogP contribution in [0.1, 0.15) is 12.0 Å². The van der Waals surface area contributed by atoms with E-state index < -0.39 is 5.79 Å². The van der Waals surface area contributed by atoms with Gasteiger partial charge in [0.2, 0.25) is 0 Å². The molecule has 23 heavy (non-hydrogen) atoms. The minimum absolute atomic E-state index is 0.322. The first-order valence-corrected chi connectivity index (χ1v) is 7.48. The van der Waals surface area contributed by atoms with Gasteiger partial charge in [-0.1, -0.05) is 60.7 Å². The number of phenolic OH excluding ortho intramolecular Hbond substituents is 1. The molecule has 0 radical (unpaired) electrons. The van der Waals surface area contributed by atoms with E-state index in [1.54, 1.807) is 38.5 Å². The van der Waals surface area contributed by atoms with Crippen LogP contribution >= 0.6 is 0 Å². The van der Waals surface area contributed by atoms with Crippen molar-refractivity contribution in [3.05, 3.63) is 84.5 Å². The lowest BCUT2D eigenvalue weighted by molar-refractivity contribution is -0.167. The van der Waals surface area contributed by atoms with Gasteiger partial charge in [-0.25, -0.2) is 0 Å². The van der Waals surface area contributed by atoms with Gasteiger partial charge in [-0.3, -0.25) is 0 Å². The summed E-state index contributed by atoms with van der Waals surface area (Å²) in [5.74, 6) is -0.263. The number of allylic oxidation sites excluding steroid dienone is 2. The topological polar surface area (TPSA) is 38.7 Å². The highest BCUT2D eigenvalue weighted by atomic mass is 16.7. The molecule has 0 saturated heterocycles. The van der Waals surface area contributed by atoms with Gasteiger partial charge in [0.1, 0.15) is 5.75 Å². The third kappa shape index (κ3) is 4.81. The number of benzene rings is 2. The van der Waals surface area contributed by atoms with E-state index in [0.29, 0.717) is 5.75 Å². The van der Waals surface area contributed by atoms with E-state index in [1.807, 2.05) is 36.4 Å². The van der Waals surface area contributed by atoms with Crippen molar-refractivity contribution in [2.45, 2.75) is 12.2 Å². The standard InChI is InChI=1S/C14H16O2.C6H6O/c1-15-14(16-2)10-8-13(9-11-14)12-6-4-3-5-7-12;7-6-4-2-1-3-5-6/h3-10H,11H2,1-2H3;1-5,7H. The second-order valence-electron chi connectivity index (χ2n) is 5.12. The molecule has 0 atom stereocenters. The number of hydrogen-bond acceptors (Lipinski definition) is 3. The Morgan fingerprint density at radius 2 is 1.43 bits per heavy atom. The first-order chi connectivity index (χ1) is 11.2. The molecule has 2 aromatic carbocycles. The molecule has 1 N–H and O–H groups in total. The fourth-order valence-electron chi connectivity index (χ4n) is 2.26. The van der Waals surface area contributed by atoms with Crippen molar-refractivity contribution < 1.29 is 14.6 Å². The molecule has 2 aromatic rings. The van der Waals surface area contributed by atoms with Crippen molar-refractivity contribution in [2.24, 2.45) is 0 Å². The van der Waals surface area contributed by atoms with Crippen LogP contribution in [0.4, 0.5) is 0 Å². The van der Waals surface area contributed by atoms with E-state index in [0.717, 1.165) is 6.42 Å². The molecule has 0 heterocycles. The lowest BCUT2D eigenvalue weighted by Gasteiger charge is -2.29. The van der Waals surface area contributed by atoms with E-state index in [-0.39, 0.29) is 0 Å². The summed E-state index contributed by atoms with van der Waals surface area (Å²) in [7, 11) is 3.32. The minimum atomic E-state index is -0.585. The number of methoxy groups -OCH3 is 2. The molecule has 3 rings (SSSR count). The Morgan fingerprint density at radius 3 is 1.83 bits per heavy atom. The molecule has 120 valence electrons. The van der Waals surface area contributed by atoms with Crippen LogP contribution in [0.3, 0.4) is 0 Å². The number of ether oxygens (including phenoxy) is 2. The Hall–Kier alpha value is -2.36. The van der Waals surface area contributed by atoms with E-state index in [1.165, 1.54) is 11.1 Å². The molecule has 0 bridgehead atoms. The average Bonchev–Trinajstić information content (AvgIpc) is 2.64. The average molecular weight is 310 g/mol. The molecule has 0 aromatic heterocycles. The van der Waals surface area contributed by atoms with Gasteiger partial charge < -0.3 is 14.6 Å². The molecule has 1 aliphatic rings. The largest absolute Gasteiger partial charge is 0.508 e. The van der Waals surface area contributed by atoms with Gasteiger partial charge in [0.05, 0.1) is 0 Å². The van der Waals surface area contributed by atoms with Crippen molar-refractivity contribution in [1.82, 2.24) is 0 Å². The second-order valence-corrected chi connectivity index (χ2v) is 5.12. The first kappa shape index (κ1) is 17.0. The summed E-state index contributed by atoms with van der Waals surface area (Å²) in [6, 6.07) is 19.0. The SMILES string of the molecule is COC1(OC)C=CC(c2ccccc2)=CC1.Oc1ccccc1. The van der Waals surface area contributed by atoms with Crippen LogP contribution in [0, 0.1) is 0 Å². The Morgan fingerprint density at radius 1 is 0.870 bits per heavy atom. The van der Waals surface area contributed by atoms with E-state index in [2.05, 4.69) is 18.2 Å². The number of phenols is 1. The molecule has 0 amide bonds. The van der Waals surface area contributed by atoms with Crippen molar-refractivity contribution in [3.8, 4) is 5.75 Å². The molecule has 0 saturated carbocycles. The zero-order valence-electron chi connectivity index (χ0n) is 13.5. The highest BCUT2D eigenvalue weighted by molar-refractivity contribution is 5.75. The summed E-state index contributed by atoms with van der Waals surface area (Å²) >= 11 is 0. The molecule has 1 aliphatic carbocycles. The normalized spacial score (nSPS) is 15.3. The quantitative estimate of drug-likeness (QED) is 0.853. The summed E-state index contributed by atoms with van der Waals surface area (Å²) in [6.45, 7) is 0. The van der Waals surface area contributed by atoms with Crippen LogP contribution < -0.4 is 0 Å². The van der Waals surface area contributed by atoms with Gasteiger partial charge in [-0.2, -0.15) is 0 Å². The van der Waals surface area contributed by atoms with Gasteiger partial charge in [0.25, 0.3) is 0 Å². The smallest absolute Gasteiger partial charge is 0.190 e. The van der Waals surface area contributed by atoms with Gasteiger partial charge in [-0.15, -0.1) is 0 Å². The lowest BCUT2D eigenvalue weighted by atomic mass is 9.96. The van der Waals surface area contributed by atoms with E-state index in [4.69, 9.17) is 14.6 Å². The Kier molecular flexibility index (Phi) is 6.15. The minimum Gasteiger partial charge on any atom is -0.508 e. The molecule has 0 unspecified atom stereocenters. The van der Waals surface area contributed by atoms with E-state index >= 15 is 0 Å². The van der Waals surface area contributed by atoms with Crippen LogP contribution in [0.15, 0.2) is 78.9 Å². The van der Waals surface area contributed by atoms with Crippen molar-refractivity contribution in [2.75, 3.05) is 14.2 Å². The number of hydrogen-bond donors (Lipinski definition) is 1. The molecular weight excluding hydrogens is 288 g/mol. The highest BCUT2D eigenvalue weighted by Gasteiger charge is 2.27. The van der Waals surface area contributed by atoms with Gasteiger partial charge >= 0.3 is 0 Å². The van der Waals surface area contributed by atoms with Gasteiger partial charge in [0.15, 0.2) is 5.79 Å². The second kappa shape index (κ2) is 8.32. The van der Waals surface area contributed by atoms with Crippen molar-refractivity contribution in [3.63, 3.8) is 0 Å². The number of aromatic hydroxyl groups is 1. The molecule has 3 heteroatoms. The van der Waals surface area contributed by atoms with Crippen LogP contribution in [0.5, 0.6) is 5.75 Å². The van der Waals surface area contributed by atoms with Crippen LogP contribution in [-0.2, 0) is 9.47 Å². The van der Waals surface area contributed by atoms with Crippen LogP contribution in [0.25, 0.3) is 5.57 Å². The fourth-order valence-corrected chi connectivity index (χ4v) is 2.26. The molecule has 0 spiro atoms. The maximum atomic E-state index is 8.63. The van der Waals surface area contributed by atoms with Crippen LogP contribution in [-0.4, -0.2) is 25.1 Å². The first-order valence-electron chi connectivity index (χ1n) is 7.48. The van der Waals surface area contributed by atoms with Crippen LogP contribution in [0.2, 0.25) is 0 Å². The zero-order valence-corrected chi connectivity index (χ0v) is 13.5. The maximum absolute atomic E-state index is 8.63. The summed E-state index contributed by atoms with van der Waals surface area (Å²) in [5, 5.41) is 8.63. The summed E-state index contributed by atoms with van der Waals surface area (Å²) in [4.78, 5) is 0. The van der Waals surface area contributed by atoms with Crippen molar-refractivity contribution in [1.29, 1.82) is 0 Å². The molecular formula is C20H22O3. The molecule has 0 fully saturated rings. The molecule has 0 aliphatic heterocycles. The fraction of sp³-hybridized carbons (Fsp3) is 0.200. The zero-order chi connectivity index (χ0) is 16.5. The lowest BCUT2D eigenvalue weighted by Crippen LogP contribution is -2.31. The maximum Gasteiger partial charge on any atom is 0.190 e. The number of rotatable bonds is 3. The number of para-hydroxylation sites is 1. The third-order valence-corrected chi connectivity index (χ3v) is 3.68. The summed E-state index contributed by atoms with van der Waals surface area (Å²) in [6.07, 6.45) is 6.89.